The van der Waals surface area contributed by atoms with Crippen LogP contribution >= 0.6 is 23.2 Å². The molecule has 2 aromatic rings. The smallest absolute Gasteiger partial charge is 0.262 e. The highest BCUT2D eigenvalue weighted by Gasteiger charge is 2.46. The zero-order valence-corrected chi connectivity index (χ0v) is 14.8. The third kappa shape index (κ3) is 3.64. The largest absolute Gasteiger partial charge is 0.387 e. The lowest BCUT2D eigenvalue weighted by Crippen LogP contribution is -2.44. The molecule has 2 unspecified atom stereocenters. The zero-order valence-electron chi connectivity index (χ0n) is 13.3. The Hall–Kier alpha value is -1.69. The minimum Gasteiger partial charge on any atom is -0.387 e. The van der Waals surface area contributed by atoms with Crippen LogP contribution in [0.5, 0.6) is 0 Å². The van der Waals surface area contributed by atoms with Crippen LogP contribution in [0.1, 0.15) is 35.8 Å². The van der Waals surface area contributed by atoms with Gasteiger partial charge in [0.2, 0.25) is 5.67 Å². The maximum absolute atomic E-state index is 15.4. The number of hydrogen-bond acceptors (Lipinski definition) is 3. The Labute approximate surface area is 155 Å². The van der Waals surface area contributed by atoms with E-state index in [1.165, 1.54) is 12.3 Å². The van der Waals surface area contributed by atoms with Gasteiger partial charge in [-0.3, -0.25) is 9.78 Å². The van der Waals surface area contributed by atoms with Crippen LogP contribution < -0.4 is 5.32 Å². The average Bonchev–Trinajstić information content (AvgIpc) is 2.60. The number of halogens is 3. The van der Waals surface area contributed by atoms with Crippen molar-refractivity contribution in [3.8, 4) is 0 Å². The lowest BCUT2D eigenvalue weighted by atomic mass is 9.81. The number of rotatable bonds is 4. The number of alkyl halides is 1. The SMILES string of the molecule is O=C(NCCc1ccc(Cl)cc1Cl)C1(F)CCC(O)c2ncccc21. The predicted octanol–water partition coefficient (Wildman–Crippen LogP) is 3.74. The number of carbonyl (C=O) groups excluding carboxylic acids is 1. The Morgan fingerprint density at radius 3 is 2.96 bits per heavy atom. The van der Waals surface area contributed by atoms with Gasteiger partial charge in [-0.25, -0.2) is 4.39 Å². The highest BCUT2D eigenvalue weighted by atomic mass is 35.5. The van der Waals surface area contributed by atoms with Crippen molar-refractivity contribution in [3.63, 3.8) is 0 Å². The van der Waals surface area contributed by atoms with Crippen LogP contribution in [0.15, 0.2) is 36.5 Å². The van der Waals surface area contributed by atoms with Crippen molar-refractivity contribution in [3.05, 3.63) is 63.4 Å². The van der Waals surface area contributed by atoms with Crippen molar-refractivity contribution < 1.29 is 14.3 Å². The minimum atomic E-state index is -2.19. The molecule has 3 rings (SSSR count). The number of nitrogens with one attached hydrogen (secondary N) is 1. The molecule has 1 heterocycles. The third-order valence-electron chi connectivity index (χ3n) is 4.40. The molecule has 4 nitrogen and oxygen atoms in total. The van der Waals surface area contributed by atoms with Gasteiger partial charge in [-0.2, -0.15) is 0 Å². The molecule has 1 aromatic heterocycles. The summed E-state index contributed by atoms with van der Waals surface area (Å²) >= 11 is 11.9. The molecule has 1 aliphatic rings. The van der Waals surface area contributed by atoms with Crippen LogP contribution in [-0.2, 0) is 16.9 Å². The maximum atomic E-state index is 15.4. The minimum absolute atomic E-state index is 0.0829. The van der Waals surface area contributed by atoms with Gasteiger partial charge in [0.1, 0.15) is 0 Å². The molecule has 2 N–H and O–H groups in total. The number of amides is 1. The van der Waals surface area contributed by atoms with Crippen LogP contribution in [0.25, 0.3) is 0 Å². The molecular weight excluding hydrogens is 366 g/mol. The molecule has 0 saturated heterocycles. The standard InChI is InChI=1S/C18H17Cl2FN2O2/c19-12-4-3-11(14(20)10-12)6-9-23-17(25)18(21)7-5-15(24)16-13(18)2-1-8-22-16/h1-4,8,10,15,24H,5-7,9H2,(H,23,25). The van der Waals surface area contributed by atoms with Crippen molar-refractivity contribution in [2.24, 2.45) is 0 Å². The highest BCUT2D eigenvalue weighted by molar-refractivity contribution is 6.35. The predicted molar refractivity (Wildman–Crippen MR) is 94.4 cm³/mol. The zero-order chi connectivity index (χ0) is 18.0. The summed E-state index contributed by atoms with van der Waals surface area (Å²) in [6.07, 6.45) is 1.16. The lowest BCUT2D eigenvalue weighted by Gasteiger charge is -2.32. The van der Waals surface area contributed by atoms with E-state index in [4.69, 9.17) is 23.2 Å². The van der Waals surface area contributed by atoms with E-state index >= 15 is 4.39 Å². The number of nitrogens with zero attached hydrogens (tertiary/aromatic N) is 1. The third-order valence-corrected chi connectivity index (χ3v) is 4.99. The number of fused-ring (bicyclic) bond motifs is 1. The Morgan fingerprint density at radius 2 is 2.20 bits per heavy atom. The molecule has 0 spiro atoms. The van der Waals surface area contributed by atoms with Crippen LogP contribution in [-0.4, -0.2) is 22.5 Å². The second kappa shape index (κ2) is 7.28. The molecule has 1 amide bonds. The Kier molecular flexibility index (Phi) is 5.27. The van der Waals surface area contributed by atoms with Crippen LogP contribution in [0.2, 0.25) is 10.0 Å². The second-order valence-corrected chi connectivity index (χ2v) is 6.88. The number of carbonyl (C=O) groups is 1. The van der Waals surface area contributed by atoms with Gasteiger partial charge in [-0.15, -0.1) is 0 Å². The summed E-state index contributed by atoms with van der Waals surface area (Å²) in [4.78, 5) is 16.5. The first-order chi connectivity index (χ1) is 11.9. The Morgan fingerprint density at radius 1 is 1.40 bits per heavy atom. The quantitative estimate of drug-likeness (QED) is 0.846. The number of aliphatic hydroxyl groups excluding tert-OH is 1. The second-order valence-electron chi connectivity index (χ2n) is 6.03. The first kappa shape index (κ1) is 18.1. The van der Waals surface area contributed by atoms with E-state index in [0.29, 0.717) is 16.5 Å². The fraction of sp³-hybridized carbons (Fsp3) is 0.333. The van der Waals surface area contributed by atoms with E-state index in [1.54, 1.807) is 24.3 Å². The summed E-state index contributed by atoms with van der Waals surface area (Å²) in [6.45, 7) is 0.240. The van der Waals surface area contributed by atoms with Gasteiger partial charge in [-0.1, -0.05) is 35.3 Å². The van der Waals surface area contributed by atoms with Crippen molar-refractivity contribution in [1.82, 2.24) is 10.3 Å². The summed E-state index contributed by atoms with van der Waals surface area (Å²) in [5, 5.41) is 13.6. The molecule has 1 aromatic carbocycles. The summed E-state index contributed by atoms with van der Waals surface area (Å²) in [5.74, 6) is -0.723. The van der Waals surface area contributed by atoms with Gasteiger partial charge in [0.05, 0.1) is 11.8 Å². The molecule has 0 bridgehead atoms. The molecular formula is C18H17Cl2FN2O2. The summed E-state index contributed by atoms with van der Waals surface area (Å²) < 4.78 is 15.4. The monoisotopic (exact) mass is 382 g/mol. The average molecular weight is 383 g/mol. The number of hydrogen-bond donors (Lipinski definition) is 2. The first-order valence-electron chi connectivity index (χ1n) is 7.96. The fourth-order valence-corrected chi connectivity index (χ4v) is 3.54. The number of benzene rings is 1. The van der Waals surface area contributed by atoms with Crippen molar-refractivity contribution in [2.75, 3.05) is 6.54 Å². The number of aromatic nitrogens is 1. The van der Waals surface area contributed by atoms with Gasteiger partial charge in [-0.05, 0) is 43.0 Å². The van der Waals surface area contributed by atoms with Gasteiger partial charge in [0.15, 0.2) is 0 Å². The highest BCUT2D eigenvalue weighted by Crippen LogP contribution is 2.42. The molecule has 0 aliphatic heterocycles. The normalized spacial score (nSPS) is 22.3. The van der Waals surface area contributed by atoms with Crippen molar-refractivity contribution in [2.45, 2.75) is 31.0 Å². The van der Waals surface area contributed by atoms with E-state index in [9.17, 15) is 9.90 Å². The van der Waals surface area contributed by atoms with Gasteiger partial charge in [0, 0.05) is 28.4 Å². The lowest BCUT2D eigenvalue weighted by molar-refractivity contribution is -0.135. The van der Waals surface area contributed by atoms with Crippen molar-refractivity contribution >= 4 is 29.1 Å². The number of aliphatic hydroxyl groups is 1. The molecule has 2 atom stereocenters. The molecule has 0 saturated carbocycles. The molecule has 0 fully saturated rings. The van der Waals surface area contributed by atoms with Crippen LogP contribution in [0, 0.1) is 0 Å². The Balaban J connectivity index is 1.70. The fourth-order valence-electron chi connectivity index (χ4n) is 3.04. The number of pyridine rings is 1. The summed E-state index contributed by atoms with van der Waals surface area (Å²) in [5.41, 5.74) is -1.00. The molecule has 25 heavy (non-hydrogen) atoms. The molecule has 0 radical (unpaired) electrons. The van der Waals surface area contributed by atoms with Gasteiger partial charge < -0.3 is 10.4 Å². The first-order valence-corrected chi connectivity index (χ1v) is 8.72. The van der Waals surface area contributed by atoms with Crippen LogP contribution in [0.3, 0.4) is 0 Å². The summed E-state index contributed by atoms with van der Waals surface area (Å²) in [6, 6.07) is 8.18. The van der Waals surface area contributed by atoms with E-state index < -0.39 is 17.7 Å². The van der Waals surface area contributed by atoms with E-state index in [0.717, 1.165) is 5.56 Å². The molecule has 7 heteroatoms. The van der Waals surface area contributed by atoms with E-state index in [2.05, 4.69) is 10.3 Å². The van der Waals surface area contributed by atoms with Gasteiger partial charge in [0.25, 0.3) is 5.91 Å². The molecule has 1 aliphatic carbocycles. The van der Waals surface area contributed by atoms with E-state index in [1.807, 2.05) is 0 Å². The topological polar surface area (TPSA) is 62.2 Å². The Bertz CT molecular complexity index is 802. The molecule has 132 valence electrons. The summed E-state index contributed by atoms with van der Waals surface area (Å²) in [7, 11) is 0. The van der Waals surface area contributed by atoms with E-state index in [-0.39, 0.29) is 30.6 Å². The van der Waals surface area contributed by atoms with Crippen LogP contribution in [0.4, 0.5) is 4.39 Å². The van der Waals surface area contributed by atoms with Gasteiger partial charge >= 0.3 is 0 Å². The maximum Gasteiger partial charge on any atom is 0.262 e. The van der Waals surface area contributed by atoms with Crippen molar-refractivity contribution in [1.29, 1.82) is 0 Å².